The average molecular weight is 280 g/mol. The third-order valence-corrected chi connectivity index (χ3v) is 4.50. The fourth-order valence-electron chi connectivity index (χ4n) is 3.05. The highest BCUT2D eigenvalue weighted by Crippen LogP contribution is 2.39. The second-order valence-electron chi connectivity index (χ2n) is 6.29. The van der Waals surface area contributed by atoms with Crippen molar-refractivity contribution < 1.29 is 9.59 Å². The molecule has 0 saturated heterocycles. The number of carbonyl (C=O) groups excluding carboxylic acids is 2. The molecule has 0 heterocycles. The third kappa shape index (κ3) is 4.50. The molecular formula is C16H28N2O2. The molecule has 0 aliphatic heterocycles. The molecule has 4 heteroatoms. The number of nitrogens with one attached hydrogen (secondary N) is 2. The second kappa shape index (κ2) is 7.65. The molecule has 0 aromatic rings. The van der Waals surface area contributed by atoms with Crippen LogP contribution >= 0.6 is 0 Å². The first-order valence-corrected chi connectivity index (χ1v) is 8.30. The second-order valence-corrected chi connectivity index (χ2v) is 6.29. The molecule has 0 aromatic carbocycles. The number of hydrogen-bond donors (Lipinski definition) is 2. The van der Waals surface area contributed by atoms with Gasteiger partial charge >= 0.3 is 0 Å². The maximum Gasteiger partial charge on any atom is 0.224 e. The van der Waals surface area contributed by atoms with E-state index in [0.29, 0.717) is 6.04 Å². The van der Waals surface area contributed by atoms with Gasteiger partial charge < -0.3 is 10.6 Å². The van der Waals surface area contributed by atoms with Gasteiger partial charge in [-0.15, -0.1) is 0 Å². The van der Waals surface area contributed by atoms with Gasteiger partial charge in [0.05, 0.1) is 11.8 Å². The van der Waals surface area contributed by atoms with Crippen molar-refractivity contribution in [1.29, 1.82) is 0 Å². The average Bonchev–Trinajstić information content (AvgIpc) is 3.25. The van der Waals surface area contributed by atoms with E-state index in [9.17, 15) is 9.59 Å². The summed E-state index contributed by atoms with van der Waals surface area (Å²) in [5.74, 6) is 0.0406. The molecule has 2 atom stereocenters. The Bertz CT molecular complexity index is 337. The summed E-state index contributed by atoms with van der Waals surface area (Å²) in [7, 11) is 0. The number of carbonyl (C=O) groups is 2. The lowest BCUT2D eigenvalue weighted by molar-refractivity contribution is -0.127. The molecule has 114 valence electrons. The fourth-order valence-corrected chi connectivity index (χ4v) is 3.05. The van der Waals surface area contributed by atoms with E-state index in [1.807, 2.05) is 0 Å². The molecule has 0 aromatic heterocycles. The topological polar surface area (TPSA) is 58.2 Å². The number of amides is 2. The lowest BCUT2D eigenvalue weighted by Gasteiger charge is -2.22. The van der Waals surface area contributed by atoms with Crippen LogP contribution in [0.15, 0.2) is 0 Å². The Morgan fingerprint density at radius 1 is 1.00 bits per heavy atom. The largest absolute Gasteiger partial charge is 0.356 e. The summed E-state index contributed by atoms with van der Waals surface area (Å²) in [6, 6.07) is 0.352. The molecule has 0 bridgehead atoms. The molecule has 0 radical (unpaired) electrons. The minimum atomic E-state index is -0.0692. The normalized spacial score (nSPS) is 26.1. The van der Waals surface area contributed by atoms with Crippen molar-refractivity contribution in [1.82, 2.24) is 10.6 Å². The van der Waals surface area contributed by atoms with Crippen LogP contribution < -0.4 is 10.6 Å². The molecule has 0 spiro atoms. The van der Waals surface area contributed by atoms with Crippen LogP contribution in [-0.4, -0.2) is 24.4 Å². The molecule has 2 N–H and O–H groups in total. The SMILES string of the molecule is CCCCCNC(=O)C1CC1C(=O)NC1CCCCC1. The minimum absolute atomic E-state index is 0.0666. The van der Waals surface area contributed by atoms with Crippen molar-refractivity contribution in [3.63, 3.8) is 0 Å². The quantitative estimate of drug-likeness (QED) is 0.703. The molecule has 4 nitrogen and oxygen atoms in total. The van der Waals surface area contributed by atoms with Gasteiger partial charge in [0, 0.05) is 12.6 Å². The van der Waals surface area contributed by atoms with Crippen molar-refractivity contribution in [2.24, 2.45) is 11.8 Å². The van der Waals surface area contributed by atoms with Crippen molar-refractivity contribution in [3.05, 3.63) is 0 Å². The van der Waals surface area contributed by atoms with E-state index in [2.05, 4.69) is 17.6 Å². The van der Waals surface area contributed by atoms with E-state index in [0.717, 1.165) is 45.1 Å². The fraction of sp³-hybridized carbons (Fsp3) is 0.875. The summed E-state index contributed by atoms with van der Waals surface area (Å²) in [6.45, 7) is 2.90. The molecule has 2 aliphatic rings. The smallest absolute Gasteiger partial charge is 0.224 e. The summed E-state index contributed by atoms with van der Waals surface area (Å²) in [4.78, 5) is 24.0. The summed E-state index contributed by atoms with van der Waals surface area (Å²) in [6.07, 6.45) is 10.0. The van der Waals surface area contributed by atoms with Crippen LogP contribution in [0.4, 0.5) is 0 Å². The monoisotopic (exact) mass is 280 g/mol. The Hall–Kier alpha value is -1.06. The number of hydrogen-bond acceptors (Lipinski definition) is 2. The summed E-state index contributed by atoms with van der Waals surface area (Å²) in [5, 5.41) is 6.07. The Labute approximate surface area is 122 Å². The van der Waals surface area contributed by atoms with E-state index in [4.69, 9.17) is 0 Å². The van der Waals surface area contributed by atoms with E-state index in [1.54, 1.807) is 0 Å². The van der Waals surface area contributed by atoms with Crippen molar-refractivity contribution in [2.45, 2.75) is 70.8 Å². The van der Waals surface area contributed by atoms with Crippen LogP contribution in [0.2, 0.25) is 0 Å². The van der Waals surface area contributed by atoms with Crippen molar-refractivity contribution in [2.75, 3.05) is 6.54 Å². The van der Waals surface area contributed by atoms with Crippen LogP contribution in [-0.2, 0) is 9.59 Å². The zero-order chi connectivity index (χ0) is 14.4. The van der Waals surface area contributed by atoms with Gasteiger partial charge in [-0.2, -0.15) is 0 Å². The van der Waals surface area contributed by atoms with Gasteiger partial charge in [-0.25, -0.2) is 0 Å². The predicted octanol–water partition coefficient (Wildman–Crippen LogP) is 2.38. The molecule has 2 saturated carbocycles. The van der Waals surface area contributed by atoms with Gasteiger partial charge in [0.2, 0.25) is 11.8 Å². The Morgan fingerprint density at radius 2 is 1.70 bits per heavy atom. The maximum absolute atomic E-state index is 12.1. The highest BCUT2D eigenvalue weighted by atomic mass is 16.2. The Balaban J connectivity index is 1.62. The van der Waals surface area contributed by atoms with Gasteiger partial charge in [-0.1, -0.05) is 39.0 Å². The number of unbranched alkanes of at least 4 members (excludes halogenated alkanes) is 2. The van der Waals surface area contributed by atoms with E-state index in [-0.39, 0.29) is 23.7 Å². The summed E-state index contributed by atoms with van der Waals surface area (Å²) in [5.41, 5.74) is 0. The standard InChI is InChI=1S/C16H28N2O2/c1-2-3-7-10-17-15(19)13-11-14(13)16(20)18-12-8-5-4-6-9-12/h12-14H,2-11H2,1H3,(H,17,19)(H,18,20). The van der Waals surface area contributed by atoms with Crippen LogP contribution in [0.5, 0.6) is 0 Å². The van der Waals surface area contributed by atoms with Gasteiger partial charge in [0.15, 0.2) is 0 Å². The van der Waals surface area contributed by atoms with Gasteiger partial charge in [-0.05, 0) is 25.7 Å². The summed E-state index contributed by atoms with van der Waals surface area (Å²) < 4.78 is 0. The van der Waals surface area contributed by atoms with Gasteiger partial charge in [0.25, 0.3) is 0 Å². The van der Waals surface area contributed by atoms with Crippen LogP contribution in [0.25, 0.3) is 0 Å². The van der Waals surface area contributed by atoms with Crippen LogP contribution in [0.1, 0.15) is 64.7 Å². The molecule has 20 heavy (non-hydrogen) atoms. The van der Waals surface area contributed by atoms with E-state index < -0.39 is 0 Å². The molecule has 2 amide bonds. The lowest BCUT2D eigenvalue weighted by atomic mass is 9.95. The van der Waals surface area contributed by atoms with Crippen molar-refractivity contribution >= 4 is 11.8 Å². The van der Waals surface area contributed by atoms with Crippen molar-refractivity contribution in [3.8, 4) is 0 Å². The van der Waals surface area contributed by atoms with E-state index in [1.165, 1.54) is 19.3 Å². The molecule has 2 fully saturated rings. The first-order valence-electron chi connectivity index (χ1n) is 8.30. The van der Waals surface area contributed by atoms with Gasteiger partial charge in [-0.3, -0.25) is 9.59 Å². The Morgan fingerprint density at radius 3 is 2.40 bits per heavy atom. The predicted molar refractivity (Wildman–Crippen MR) is 79.1 cm³/mol. The van der Waals surface area contributed by atoms with Crippen LogP contribution in [0, 0.1) is 11.8 Å². The zero-order valence-corrected chi connectivity index (χ0v) is 12.6. The minimum Gasteiger partial charge on any atom is -0.356 e. The first-order chi connectivity index (χ1) is 9.72. The number of rotatable bonds is 7. The van der Waals surface area contributed by atoms with Crippen LogP contribution in [0.3, 0.4) is 0 Å². The molecular weight excluding hydrogens is 252 g/mol. The first kappa shape index (κ1) is 15.3. The Kier molecular flexibility index (Phi) is 5.86. The molecule has 2 unspecified atom stereocenters. The lowest BCUT2D eigenvalue weighted by Crippen LogP contribution is -2.38. The maximum atomic E-state index is 12.1. The highest BCUT2D eigenvalue weighted by Gasteiger charge is 2.48. The highest BCUT2D eigenvalue weighted by molar-refractivity contribution is 5.92. The third-order valence-electron chi connectivity index (χ3n) is 4.50. The van der Waals surface area contributed by atoms with Gasteiger partial charge in [0.1, 0.15) is 0 Å². The van der Waals surface area contributed by atoms with E-state index >= 15 is 0 Å². The summed E-state index contributed by atoms with van der Waals surface area (Å²) >= 11 is 0. The molecule has 2 rings (SSSR count). The zero-order valence-electron chi connectivity index (χ0n) is 12.6. The molecule has 2 aliphatic carbocycles.